The highest BCUT2D eigenvalue weighted by molar-refractivity contribution is 5.79. The quantitative estimate of drug-likeness (QED) is 0.580. The minimum absolute atomic E-state index is 0.483. The fraction of sp³-hybridized carbons (Fsp3) is 0.417. The van der Waals surface area contributed by atoms with Crippen molar-refractivity contribution in [1.82, 2.24) is 10.6 Å². The van der Waals surface area contributed by atoms with Crippen LogP contribution < -0.4 is 10.6 Å². The summed E-state index contributed by atoms with van der Waals surface area (Å²) in [4.78, 5) is 4.07. The second kappa shape index (κ2) is 6.06. The highest BCUT2D eigenvalue weighted by Gasteiger charge is 2.04. The molecule has 0 aliphatic carbocycles. The molecule has 0 aromatic heterocycles. The Morgan fingerprint density at radius 2 is 2.00 bits per heavy atom. The van der Waals surface area contributed by atoms with Gasteiger partial charge in [0.25, 0.3) is 0 Å². The van der Waals surface area contributed by atoms with Crippen molar-refractivity contribution in [2.75, 3.05) is 20.6 Å². The minimum atomic E-state index is 0.483. The van der Waals surface area contributed by atoms with E-state index < -0.39 is 0 Å². The first-order valence-corrected chi connectivity index (χ1v) is 5.21. The molecular formula is C12H19N3. The molecule has 2 N–H and O–H groups in total. The van der Waals surface area contributed by atoms with Crippen LogP contribution in [-0.4, -0.2) is 26.6 Å². The number of aliphatic imine (C=N–C) groups is 1. The Labute approximate surface area is 91.6 Å². The molecule has 3 heteroatoms. The van der Waals surface area contributed by atoms with Crippen LogP contribution in [0.2, 0.25) is 0 Å². The van der Waals surface area contributed by atoms with Crippen LogP contribution in [0.4, 0.5) is 0 Å². The summed E-state index contributed by atoms with van der Waals surface area (Å²) in [5, 5.41) is 6.25. The third kappa shape index (κ3) is 3.62. The number of nitrogens with one attached hydrogen (secondary N) is 2. The number of benzene rings is 1. The molecule has 0 amide bonds. The molecule has 1 rings (SSSR count). The zero-order valence-corrected chi connectivity index (χ0v) is 9.62. The van der Waals surface area contributed by atoms with Gasteiger partial charge in [-0.25, -0.2) is 0 Å². The summed E-state index contributed by atoms with van der Waals surface area (Å²) in [5.41, 5.74) is 1.34. The predicted octanol–water partition coefficient (Wildman–Crippen LogP) is 1.58. The maximum absolute atomic E-state index is 4.07. The van der Waals surface area contributed by atoms with Crippen molar-refractivity contribution in [1.29, 1.82) is 0 Å². The number of nitrogens with zero attached hydrogens (tertiary/aromatic N) is 1. The van der Waals surface area contributed by atoms with Crippen LogP contribution in [0.25, 0.3) is 0 Å². The van der Waals surface area contributed by atoms with Crippen LogP contribution in [0.15, 0.2) is 35.3 Å². The van der Waals surface area contributed by atoms with E-state index in [9.17, 15) is 0 Å². The molecule has 1 aromatic carbocycles. The van der Waals surface area contributed by atoms with Crippen LogP contribution in [0.5, 0.6) is 0 Å². The molecule has 0 saturated heterocycles. The van der Waals surface area contributed by atoms with E-state index in [2.05, 4.69) is 46.8 Å². The molecule has 0 heterocycles. The molecule has 1 atom stereocenters. The minimum Gasteiger partial charge on any atom is -0.359 e. The smallest absolute Gasteiger partial charge is 0.190 e. The van der Waals surface area contributed by atoms with Gasteiger partial charge >= 0.3 is 0 Å². The molecular weight excluding hydrogens is 186 g/mol. The summed E-state index contributed by atoms with van der Waals surface area (Å²) in [5.74, 6) is 1.31. The van der Waals surface area contributed by atoms with Gasteiger partial charge in [-0.05, 0) is 11.5 Å². The van der Waals surface area contributed by atoms with Gasteiger partial charge in [0, 0.05) is 20.6 Å². The van der Waals surface area contributed by atoms with Gasteiger partial charge < -0.3 is 10.6 Å². The molecule has 82 valence electrons. The topological polar surface area (TPSA) is 36.4 Å². The Morgan fingerprint density at radius 3 is 2.53 bits per heavy atom. The normalized spacial score (nSPS) is 13.4. The highest BCUT2D eigenvalue weighted by atomic mass is 15.1. The Kier molecular flexibility index (Phi) is 4.68. The van der Waals surface area contributed by atoms with E-state index in [0.29, 0.717) is 5.92 Å². The van der Waals surface area contributed by atoms with Crippen molar-refractivity contribution in [2.24, 2.45) is 4.99 Å². The molecule has 0 saturated carbocycles. The third-order valence-electron chi connectivity index (χ3n) is 2.40. The summed E-state index contributed by atoms with van der Waals surface area (Å²) in [7, 11) is 3.63. The molecule has 3 nitrogen and oxygen atoms in total. The van der Waals surface area contributed by atoms with Gasteiger partial charge in [-0.2, -0.15) is 0 Å². The van der Waals surface area contributed by atoms with Crippen molar-refractivity contribution >= 4 is 5.96 Å². The van der Waals surface area contributed by atoms with Gasteiger partial charge in [0.15, 0.2) is 5.96 Å². The fourth-order valence-electron chi connectivity index (χ4n) is 1.43. The average Bonchev–Trinajstić information content (AvgIpc) is 2.31. The van der Waals surface area contributed by atoms with E-state index in [1.165, 1.54) is 5.56 Å². The molecule has 0 bridgehead atoms. The first kappa shape index (κ1) is 11.6. The number of hydrogen-bond donors (Lipinski definition) is 2. The van der Waals surface area contributed by atoms with Gasteiger partial charge in [-0.15, -0.1) is 0 Å². The lowest BCUT2D eigenvalue weighted by Gasteiger charge is -2.14. The second-order valence-corrected chi connectivity index (χ2v) is 3.51. The standard InChI is InChI=1S/C12H19N3/c1-10(9-15-12(13-2)14-3)11-7-5-4-6-8-11/h4-8,10H,9H2,1-3H3,(H2,13,14,15). The van der Waals surface area contributed by atoms with Crippen LogP contribution >= 0.6 is 0 Å². The molecule has 0 spiro atoms. The maximum atomic E-state index is 4.07. The first-order valence-electron chi connectivity index (χ1n) is 5.21. The van der Waals surface area contributed by atoms with E-state index in [1.54, 1.807) is 7.05 Å². The van der Waals surface area contributed by atoms with E-state index in [1.807, 2.05) is 13.1 Å². The van der Waals surface area contributed by atoms with Gasteiger partial charge in [0.1, 0.15) is 0 Å². The van der Waals surface area contributed by atoms with Crippen molar-refractivity contribution in [2.45, 2.75) is 12.8 Å². The number of hydrogen-bond acceptors (Lipinski definition) is 1. The van der Waals surface area contributed by atoms with E-state index in [4.69, 9.17) is 0 Å². The molecule has 0 aliphatic heterocycles. The Bertz CT molecular complexity index is 306. The van der Waals surface area contributed by atoms with Crippen LogP contribution in [0, 0.1) is 0 Å². The molecule has 15 heavy (non-hydrogen) atoms. The van der Waals surface area contributed by atoms with Crippen LogP contribution in [0.3, 0.4) is 0 Å². The van der Waals surface area contributed by atoms with Crippen molar-refractivity contribution in [3.8, 4) is 0 Å². The lowest BCUT2D eigenvalue weighted by molar-refractivity contribution is 0.708. The molecule has 1 unspecified atom stereocenters. The van der Waals surface area contributed by atoms with Crippen molar-refractivity contribution in [3.63, 3.8) is 0 Å². The zero-order valence-electron chi connectivity index (χ0n) is 9.62. The van der Waals surface area contributed by atoms with Gasteiger partial charge in [0.2, 0.25) is 0 Å². The summed E-state index contributed by atoms with van der Waals surface area (Å²) in [6, 6.07) is 10.5. The summed E-state index contributed by atoms with van der Waals surface area (Å²) >= 11 is 0. The summed E-state index contributed by atoms with van der Waals surface area (Å²) in [6.45, 7) is 3.09. The predicted molar refractivity (Wildman–Crippen MR) is 65.3 cm³/mol. The van der Waals surface area contributed by atoms with Crippen molar-refractivity contribution in [3.05, 3.63) is 35.9 Å². The second-order valence-electron chi connectivity index (χ2n) is 3.51. The Hall–Kier alpha value is -1.51. The highest BCUT2D eigenvalue weighted by Crippen LogP contribution is 2.12. The Balaban J connectivity index is 2.47. The summed E-state index contributed by atoms with van der Waals surface area (Å²) < 4.78 is 0. The Morgan fingerprint density at radius 1 is 1.33 bits per heavy atom. The average molecular weight is 205 g/mol. The largest absolute Gasteiger partial charge is 0.359 e. The van der Waals surface area contributed by atoms with E-state index in [-0.39, 0.29) is 0 Å². The fourth-order valence-corrected chi connectivity index (χ4v) is 1.43. The summed E-state index contributed by atoms with van der Waals surface area (Å²) in [6.07, 6.45) is 0. The molecule has 0 aliphatic rings. The zero-order chi connectivity index (χ0) is 11.1. The van der Waals surface area contributed by atoms with E-state index in [0.717, 1.165) is 12.5 Å². The molecule has 1 aromatic rings. The lowest BCUT2D eigenvalue weighted by atomic mass is 10.0. The first-order chi connectivity index (χ1) is 7.27. The molecule has 0 radical (unpaired) electrons. The van der Waals surface area contributed by atoms with Crippen LogP contribution in [-0.2, 0) is 0 Å². The van der Waals surface area contributed by atoms with Crippen LogP contribution in [0.1, 0.15) is 18.4 Å². The lowest BCUT2D eigenvalue weighted by Crippen LogP contribution is -2.36. The van der Waals surface area contributed by atoms with E-state index >= 15 is 0 Å². The SMILES string of the molecule is CN=C(NC)NCC(C)c1ccccc1. The monoisotopic (exact) mass is 205 g/mol. The number of guanidine groups is 1. The molecule has 0 fully saturated rings. The number of rotatable bonds is 3. The van der Waals surface area contributed by atoms with Gasteiger partial charge in [-0.1, -0.05) is 37.3 Å². The van der Waals surface area contributed by atoms with Gasteiger partial charge in [0.05, 0.1) is 0 Å². The third-order valence-corrected chi connectivity index (χ3v) is 2.40. The van der Waals surface area contributed by atoms with Crippen molar-refractivity contribution < 1.29 is 0 Å². The maximum Gasteiger partial charge on any atom is 0.190 e. The van der Waals surface area contributed by atoms with Gasteiger partial charge in [-0.3, -0.25) is 4.99 Å².